The van der Waals surface area contributed by atoms with Gasteiger partial charge in [-0.2, -0.15) is 5.10 Å². The Balaban J connectivity index is 1.76. The summed E-state index contributed by atoms with van der Waals surface area (Å²) in [6, 6.07) is 2.65. The molecule has 0 aliphatic heterocycles. The molecule has 1 amide bonds. The number of carbonyl (C=O) groups excluding carboxylic acids is 1. The molecule has 3 atom stereocenters. The van der Waals surface area contributed by atoms with Crippen molar-refractivity contribution >= 4 is 6.09 Å². The highest BCUT2D eigenvalue weighted by Crippen LogP contribution is 2.25. The van der Waals surface area contributed by atoms with Crippen molar-refractivity contribution in [2.45, 2.75) is 57.8 Å². The molecule has 1 aromatic rings. The van der Waals surface area contributed by atoms with E-state index in [1.165, 1.54) is 0 Å². The largest absolute Gasteiger partial charge is 0.444 e. The van der Waals surface area contributed by atoms with Crippen LogP contribution < -0.4 is 10.6 Å². The number of ether oxygens (including phenoxy) is 1. The summed E-state index contributed by atoms with van der Waals surface area (Å²) in [5.41, 5.74) is 0.678. The van der Waals surface area contributed by atoms with Gasteiger partial charge < -0.3 is 15.4 Å². The van der Waals surface area contributed by atoms with Gasteiger partial charge in [-0.15, -0.1) is 0 Å². The van der Waals surface area contributed by atoms with Crippen LogP contribution in [0.5, 0.6) is 0 Å². The highest BCUT2D eigenvalue weighted by molar-refractivity contribution is 5.68. The summed E-state index contributed by atoms with van der Waals surface area (Å²) in [5.74, 6) is 0. The predicted molar refractivity (Wildman–Crippen MR) is 76.3 cm³/mol. The molecule has 0 bridgehead atoms. The number of nitrogens with one attached hydrogen (secondary N) is 2. The van der Waals surface area contributed by atoms with Gasteiger partial charge in [0.05, 0.1) is 5.69 Å². The molecule has 1 aliphatic carbocycles. The zero-order valence-electron chi connectivity index (χ0n) is 12.8. The molecule has 0 spiro atoms. The Labute approximate surface area is 119 Å². The third-order valence-electron chi connectivity index (χ3n) is 3.26. The smallest absolute Gasteiger partial charge is 0.407 e. The molecule has 20 heavy (non-hydrogen) atoms. The van der Waals surface area contributed by atoms with E-state index in [-0.39, 0.29) is 18.2 Å². The lowest BCUT2D eigenvalue weighted by atomic mass is 10.2. The van der Waals surface area contributed by atoms with Crippen LogP contribution in [-0.2, 0) is 11.8 Å². The van der Waals surface area contributed by atoms with Crippen LogP contribution in [0.3, 0.4) is 0 Å². The van der Waals surface area contributed by atoms with Crippen LogP contribution in [0.15, 0.2) is 12.3 Å². The molecule has 6 nitrogen and oxygen atoms in total. The van der Waals surface area contributed by atoms with Crippen molar-refractivity contribution in [2.75, 3.05) is 0 Å². The minimum absolute atomic E-state index is 0.153. The molecule has 112 valence electrons. The zero-order chi connectivity index (χ0) is 14.9. The average Bonchev–Trinajstić information content (AvgIpc) is 2.84. The molecule has 2 N–H and O–H groups in total. The van der Waals surface area contributed by atoms with Crippen molar-refractivity contribution in [3.05, 3.63) is 18.0 Å². The average molecular weight is 280 g/mol. The number of carbonyl (C=O) groups is 1. The molecule has 1 saturated carbocycles. The molecule has 0 aromatic carbocycles. The molecule has 1 fully saturated rings. The topological polar surface area (TPSA) is 68.2 Å². The van der Waals surface area contributed by atoms with E-state index in [0.717, 1.165) is 12.1 Å². The summed E-state index contributed by atoms with van der Waals surface area (Å²) in [6.07, 6.45) is 2.37. The van der Waals surface area contributed by atoms with Gasteiger partial charge in [0.1, 0.15) is 5.60 Å². The molecule has 0 radical (unpaired) electrons. The van der Waals surface area contributed by atoms with Crippen molar-refractivity contribution in [3.63, 3.8) is 0 Å². The maximum absolute atomic E-state index is 11.6. The fourth-order valence-electron chi connectivity index (χ4n) is 2.21. The van der Waals surface area contributed by atoms with E-state index >= 15 is 0 Å². The third kappa shape index (κ3) is 3.96. The zero-order valence-corrected chi connectivity index (χ0v) is 12.8. The Bertz CT molecular complexity index is 478. The molecule has 0 saturated heterocycles. The Morgan fingerprint density at radius 1 is 1.50 bits per heavy atom. The van der Waals surface area contributed by atoms with Gasteiger partial charge in [-0.05, 0) is 40.2 Å². The van der Waals surface area contributed by atoms with Crippen LogP contribution in [0, 0.1) is 0 Å². The van der Waals surface area contributed by atoms with Gasteiger partial charge >= 0.3 is 6.09 Å². The minimum Gasteiger partial charge on any atom is -0.444 e. The van der Waals surface area contributed by atoms with Gasteiger partial charge in [0.15, 0.2) is 0 Å². The standard InChI is InChI=1S/C14H24N4O2/c1-9(12-6-7-15-18(12)5)16-10-8-11(10)17-13(19)20-14(2,3)4/h6-7,9-11,16H,8H2,1-5H3,(H,17,19). The van der Waals surface area contributed by atoms with Gasteiger partial charge in [-0.25, -0.2) is 4.79 Å². The lowest BCUT2D eigenvalue weighted by Gasteiger charge is -2.20. The number of nitrogens with zero attached hydrogens (tertiary/aromatic N) is 2. The van der Waals surface area contributed by atoms with Crippen LogP contribution in [0.25, 0.3) is 0 Å². The molecule has 2 rings (SSSR count). The summed E-state index contributed by atoms with van der Waals surface area (Å²) in [5, 5.41) is 10.5. The van der Waals surface area contributed by atoms with E-state index < -0.39 is 5.60 Å². The Kier molecular flexibility index (Phi) is 4.04. The SMILES string of the molecule is CC(NC1CC1NC(=O)OC(C)(C)C)c1ccnn1C. The van der Waals surface area contributed by atoms with E-state index in [1.807, 2.05) is 38.6 Å². The molecular weight excluding hydrogens is 256 g/mol. The minimum atomic E-state index is -0.454. The molecule has 1 aromatic heterocycles. The molecule has 3 unspecified atom stereocenters. The lowest BCUT2D eigenvalue weighted by Crippen LogP contribution is -2.37. The van der Waals surface area contributed by atoms with Crippen molar-refractivity contribution in [3.8, 4) is 0 Å². The number of alkyl carbamates (subject to hydrolysis) is 1. The number of amides is 1. The first-order valence-electron chi connectivity index (χ1n) is 7.00. The fourth-order valence-corrected chi connectivity index (χ4v) is 2.21. The lowest BCUT2D eigenvalue weighted by molar-refractivity contribution is 0.0522. The predicted octanol–water partition coefficient (Wildman–Crippen LogP) is 1.74. The number of hydrogen-bond donors (Lipinski definition) is 2. The first-order valence-corrected chi connectivity index (χ1v) is 7.00. The van der Waals surface area contributed by atoms with E-state index in [0.29, 0.717) is 6.04 Å². The second-order valence-corrected chi connectivity index (χ2v) is 6.36. The van der Waals surface area contributed by atoms with Gasteiger partial charge in [-0.3, -0.25) is 4.68 Å². The molecule has 6 heteroatoms. The van der Waals surface area contributed by atoms with Crippen LogP contribution >= 0.6 is 0 Å². The van der Waals surface area contributed by atoms with Crippen LogP contribution in [-0.4, -0.2) is 33.6 Å². The van der Waals surface area contributed by atoms with Gasteiger partial charge in [-0.1, -0.05) is 0 Å². The maximum atomic E-state index is 11.6. The van der Waals surface area contributed by atoms with Crippen molar-refractivity contribution in [1.29, 1.82) is 0 Å². The van der Waals surface area contributed by atoms with Crippen LogP contribution in [0.2, 0.25) is 0 Å². The van der Waals surface area contributed by atoms with E-state index in [1.54, 1.807) is 6.20 Å². The summed E-state index contributed by atoms with van der Waals surface area (Å²) >= 11 is 0. The first-order chi connectivity index (χ1) is 9.26. The molecule has 1 aliphatic rings. The number of rotatable bonds is 4. The molecule has 1 heterocycles. The number of hydrogen-bond acceptors (Lipinski definition) is 4. The summed E-state index contributed by atoms with van der Waals surface area (Å²) in [6.45, 7) is 7.68. The van der Waals surface area contributed by atoms with E-state index in [9.17, 15) is 4.79 Å². The third-order valence-corrected chi connectivity index (χ3v) is 3.26. The normalized spacial score (nSPS) is 23.2. The summed E-state index contributed by atoms with van der Waals surface area (Å²) < 4.78 is 7.10. The van der Waals surface area contributed by atoms with Gasteiger partial charge in [0.25, 0.3) is 0 Å². The van der Waals surface area contributed by atoms with Crippen molar-refractivity contribution < 1.29 is 9.53 Å². The van der Waals surface area contributed by atoms with Gasteiger partial charge in [0, 0.05) is 31.4 Å². The molecular formula is C14H24N4O2. The highest BCUT2D eigenvalue weighted by atomic mass is 16.6. The van der Waals surface area contributed by atoms with Gasteiger partial charge in [0.2, 0.25) is 0 Å². The first kappa shape index (κ1) is 14.8. The van der Waals surface area contributed by atoms with Crippen LogP contribution in [0.1, 0.15) is 45.9 Å². The van der Waals surface area contributed by atoms with Crippen molar-refractivity contribution in [2.24, 2.45) is 7.05 Å². The number of aromatic nitrogens is 2. The summed E-state index contributed by atoms with van der Waals surface area (Å²) in [4.78, 5) is 11.6. The van der Waals surface area contributed by atoms with E-state index in [2.05, 4.69) is 22.7 Å². The van der Waals surface area contributed by atoms with Crippen LogP contribution in [0.4, 0.5) is 4.79 Å². The number of aryl methyl sites for hydroxylation is 1. The highest BCUT2D eigenvalue weighted by Gasteiger charge is 2.40. The Morgan fingerprint density at radius 2 is 2.20 bits per heavy atom. The fraction of sp³-hybridized carbons (Fsp3) is 0.714. The van der Waals surface area contributed by atoms with E-state index in [4.69, 9.17) is 4.74 Å². The Hall–Kier alpha value is -1.56. The second kappa shape index (κ2) is 5.44. The van der Waals surface area contributed by atoms with Crippen molar-refractivity contribution in [1.82, 2.24) is 20.4 Å². The summed E-state index contributed by atoms with van der Waals surface area (Å²) in [7, 11) is 1.93. The second-order valence-electron chi connectivity index (χ2n) is 6.36. The monoisotopic (exact) mass is 280 g/mol. The maximum Gasteiger partial charge on any atom is 0.407 e. The quantitative estimate of drug-likeness (QED) is 0.881. The Morgan fingerprint density at radius 3 is 2.75 bits per heavy atom.